The topological polar surface area (TPSA) is 67.5 Å². The van der Waals surface area contributed by atoms with Gasteiger partial charge in [0.2, 0.25) is 0 Å². The first kappa shape index (κ1) is 19.4. The van der Waals surface area contributed by atoms with Crippen LogP contribution in [0.5, 0.6) is 0 Å². The number of benzene rings is 2. The average Bonchev–Trinajstić information content (AvgIpc) is 3.11. The molecular formula is C25H26O4. The number of carboxylic acids is 1. The fraction of sp³-hybridized carbons (Fsp3) is 0.360. The van der Waals surface area contributed by atoms with Gasteiger partial charge in [-0.25, -0.2) is 0 Å². The Morgan fingerprint density at radius 3 is 2.62 bits per heavy atom. The van der Waals surface area contributed by atoms with Crippen molar-refractivity contribution in [3.8, 4) is 0 Å². The van der Waals surface area contributed by atoms with Crippen LogP contribution in [0.2, 0.25) is 0 Å². The number of furan rings is 1. The first-order valence-corrected chi connectivity index (χ1v) is 10.5. The molecule has 0 saturated carbocycles. The molecule has 29 heavy (non-hydrogen) atoms. The summed E-state index contributed by atoms with van der Waals surface area (Å²) in [5.74, 6) is -0.652. The van der Waals surface area contributed by atoms with Crippen molar-refractivity contribution in [3.63, 3.8) is 0 Å². The van der Waals surface area contributed by atoms with E-state index in [0.717, 1.165) is 48.8 Å². The van der Waals surface area contributed by atoms with Crippen LogP contribution >= 0.6 is 0 Å². The number of hydrogen-bond acceptors (Lipinski definition) is 3. The van der Waals surface area contributed by atoms with E-state index in [0.29, 0.717) is 12.0 Å². The van der Waals surface area contributed by atoms with E-state index in [-0.39, 0.29) is 12.2 Å². The standard InChI is InChI=1S/C25H26O4/c26-22(15-19(25(27)28)10-6-9-17-7-2-1-3-8-17)18-13-14-21-20-11-4-5-12-23(20)29-24(21)16-18/h1-3,7-8,13-14,16,19H,4-6,9-12,15H2,(H,27,28). The van der Waals surface area contributed by atoms with Crippen LogP contribution in [-0.2, 0) is 24.1 Å². The largest absolute Gasteiger partial charge is 0.481 e. The maximum Gasteiger partial charge on any atom is 0.306 e. The Labute approximate surface area is 170 Å². The van der Waals surface area contributed by atoms with E-state index < -0.39 is 11.9 Å². The summed E-state index contributed by atoms with van der Waals surface area (Å²) in [5, 5.41) is 10.7. The number of aryl methyl sites for hydroxylation is 3. The van der Waals surface area contributed by atoms with Gasteiger partial charge in [-0.2, -0.15) is 0 Å². The van der Waals surface area contributed by atoms with Gasteiger partial charge in [-0.05, 0) is 50.2 Å². The molecule has 1 N–H and O–H groups in total. The zero-order valence-corrected chi connectivity index (χ0v) is 16.5. The highest BCUT2D eigenvalue weighted by molar-refractivity contribution is 6.01. The smallest absolute Gasteiger partial charge is 0.306 e. The summed E-state index contributed by atoms with van der Waals surface area (Å²) >= 11 is 0. The summed E-state index contributed by atoms with van der Waals surface area (Å²) in [6.45, 7) is 0. The highest BCUT2D eigenvalue weighted by atomic mass is 16.4. The highest BCUT2D eigenvalue weighted by Crippen LogP contribution is 2.32. The van der Waals surface area contributed by atoms with Crippen LogP contribution in [0.3, 0.4) is 0 Å². The normalized spacial score (nSPS) is 14.5. The van der Waals surface area contributed by atoms with Crippen molar-refractivity contribution in [3.05, 3.63) is 71.0 Å². The molecule has 1 aromatic heterocycles. The maximum absolute atomic E-state index is 12.8. The second-order valence-corrected chi connectivity index (χ2v) is 7.96. The van der Waals surface area contributed by atoms with Crippen molar-refractivity contribution in [2.24, 2.45) is 5.92 Å². The molecule has 1 heterocycles. The second kappa shape index (κ2) is 8.64. The number of ketones is 1. The minimum Gasteiger partial charge on any atom is -0.481 e. The van der Waals surface area contributed by atoms with Gasteiger partial charge in [0.15, 0.2) is 5.78 Å². The number of carboxylic acid groups (broad SMARTS) is 1. The summed E-state index contributed by atoms with van der Waals surface area (Å²) in [6, 6.07) is 15.6. The van der Waals surface area contributed by atoms with E-state index in [1.807, 2.05) is 42.5 Å². The van der Waals surface area contributed by atoms with Crippen molar-refractivity contribution in [1.82, 2.24) is 0 Å². The van der Waals surface area contributed by atoms with Crippen molar-refractivity contribution in [2.45, 2.75) is 51.4 Å². The zero-order chi connectivity index (χ0) is 20.2. The third kappa shape index (κ3) is 4.42. The van der Waals surface area contributed by atoms with Gasteiger partial charge in [-0.15, -0.1) is 0 Å². The molecule has 1 unspecified atom stereocenters. The second-order valence-electron chi connectivity index (χ2n) is 7.96. The van der Waals surface area contributed by atoms with E-state index in [2.05, 4.69) is 0 Å². The molecule has 150 valence electrons. The molecule has 2 aromatic carbocycles. The molecule has 4 heteroatoms. The monoisotopic (exact) mass is 390 g/mol. The number of aliphatic carboxylic acids is 1. The lowest BCUT2D eigenvalue weighted by molar-refractivity contribution is -0.141. The van der Waals surface area contributed by atoms with Gasteiger partial charge in [0.05, 0.1) is 5.92 Å². The van der Waals surface area contributed by atoms with Gasteiger partial charge in [0, 0.05) is 29.4 Å². The Morgan fingerprint density at radius 1 is 1.03 bits per heavy atom. The van der Waals surface area contributed by atoms with Crippen LogP contribution in [0.1, 0.15) is 59.3 Å². The third-order valence-corrected chi connectivity index (χ3v) is 5.92. The van der Waals surface area contributed by atoms with Crippen LogP contribution in [0, 0.1) is 5.92 Å². The predicted octanol–water partition coefficient (Wildman–Crippen LogP) is 5.61. The Bertz CT molecular complexity index is 1020. The Balaban J connectivity index is 1.42. The number of rotatable bonds is 8. The summed E-state index contributed by atoms with van der Waals surface area (Å²) in [7, 11) is 0. The lowest BCUT2D eigenvalue weighted by Gasteiger charge is -2.12. The van der Waals surface area contributed by atoms with Gasteiger partial charge in [-0.3, -0.25) is 9.59 Å². The van der Waals surface area contributed by atoms with Crippen LogP contribution in [-0.4, -0.2) is 16.9 Å². The predicted molar refractivity (Wildman–Crippen MR) is 112 cm³/mol. The molecule has 0 radical (unpaired) electrons. The fourth-order valence-electron chi connectivity index (χ4n) is 4.29. The number of hydrogen-bond donors (Lipinski definition) is 1. The third-order valence-electron chi connectivity index (χ3n) is 5.92. The number of Topliss-reactive ketones (excluding diaryl/α,β-unsaturated/α-hetero) is 1. The van der Waals surface area contributed by atoms with E-state index in [1.165, 1.54) is 17.5 Å². The molecule has 1 atom stereocenters. The van der Waals surface area contributed by atoms with Crippen molar-refractivity contribution < 1.29 is 19.1 Å². The Morgan fingerprint density at radius 2 is 1.83 bits per heavy atom. The first-order valence-electron chi connectivity index (χ1n) is 10.5. The molecule has 3 aromatic rings. The van der Waals surface area contributed by atoms with Crippen molar-refractivity contribution in [2.75, 3.05) is 0 Å². The highest BCUT2D eigenvalue weighted by Gasteiger charge is 2.23. The number of carbonyl (C=O) groups is 2. The summed E-state index contributed by atoms with van der Waals surface area (Å²) < 4.78 is 5.98. The van der Waals surface area contributed by atoms with Gasteiger partial charge in [-0.1, -0.05) is 42.5 Å². The van der Waals surface area contributed by atoms with Gasteiger partial charge in [0.25, 0.3) is 0 Å². The lowest BCUT2D eigenvalue weighted by Crippen LogP contribution is -2.18. The van der Waals surface area contributed by atoms with Gasteiger partial charge < -0.3 is 9.52 Å². The summed E-state index contributed by atoms with van der Waals surface area (Å²) in [4.78, 5) is 24.5. The molecule has 1 aliphatic carbocycles. The van der Waals surface area contributed by atoms with E-state index in [4.69, 9.17) is 4.42 Å². The Hall–Kier alpha value is -2.88. The van der Waals surface area contributed by atoms with Crippen LogP contribution in [0.25, 0.3) is 11.0 Å². The summed E-state index contributed by atoms with van der Waals surface area (Å²) in [5.41, 5.74) is 3.75. The molecule has 0 fully saturated rings. The molecule has 0 amide bonds. The summed E-state index contributed by atoms with van der Waals surface area (Å²) in [6.07, 6.45) is 6.38. The number of fused-ring (bicyclic) bond motifs is 3. The molecular weight excluding hydrogens is 364 g/mol. The molecule has 0 saturated heterocycles. The molecule has 0 aliphatic heterocycles. The molecule has 4 nitrogen and oxygen atoms in total. The quantitative estimate of drug-likeness (QED) is 0.508. The van der Waals surface area contributed by atoms with Crippen LogP contribution < -0.4 is 0 Å². The average molecular weight is 390 g/mol. The molecule has 0 spiro atoms. The van der Waals surface area contributed by atoms with Crippen LogP contribution in [0.15, 0.2) is 52.9 Å². The Kier molecular flexibility index (Phi) is 5.79. The van der Waals surface area contributed by atoms with Gasteiger partial charge >= 0.3 is 5.97 Å². The zero-order valence-electron chi connectivity index (χ0n) is 16.5. The minimum atomic E-state index is -0.902. The lowest BCUT2D eigenvalue weighted by atomic mass is 9.92. The van der Waals surface area contributed by atoms with E-state index in [1.54, 1.807) is 6.07 Å². The van der Waals surface area contributed by atoms with Crippen molar-refractivity contribution >= 4 is 22.7 Å². The van der Waals surface area contributed by atoms with Gasteiger partial charge in [0.1, 0.15) is 11.3 Å². The minimum absolute atomic E-state index is 0.0239. The number of carbonyl (C=O) groups excluding carboxylic acids is 1. The fourth-order valence-corrected chi connectivity index (χ4v) is 4.29. The SMILES string of the molecule is O=C(CC(CCCc1ccccc1)C(=O)O)c1ccc2c3c(oc2c1)CCCC3. The van der Waals surface area contributed by atoms with E-state index in [9.17, 15) is 14.7 Å². The maximum atomic E-state index is 12.8. The molecule has 0 bridgehead atoms. The molecule has 1 aliphatic rings. The van der Waals surface area contributed by atoms with Crippen LogP contribution in [0.4, 0.5) is 0 Å². The first-order chi connectivity index (χ1) is 14.1. The molecule has 4 rings (SSSR count). The van der Waals surface area contributed by atoms with E-state index >= 15 is 0 Å². The van der Waals surface area contributed by atoms with Crippen molar-refractivity contribution in [1.29, 1.82) is 0 Å².